The molecule has 0 radical (unpaired) electrons. The Kier molecular flexibility index (Phi) is 10.5. The van der Waals surface area contributed by atoms with Crippen LogP contribution in [0, 0.1) is 18.7 Å². The van der Waals surface area contributed by atoms with Gasteiger partial charge in [-0.15, -0.1) is 0 Å². The number of pyridine rings is 1. The van der Waals surface area contributed by atoms with Gasteiger partial charge >= 0.3 is 0 Å². The second-order valence-corrected chi connectivity index (χ2v) is 12.9. The minimum atomic E-state index is -3.35. The molecule has 238 valence electrons. The third kappa shape index (κ3) is 7.56. The fourth-order valence-corrected chi connectivity index (χ4v) is 7.45. The molecular weight excluding hydrogens is 589 g/mol. The van der Waals surface area contributed by atoms with Crippen molar-refractivity contribution in [3.8, 4) is 0 Å². The maximum atomic E-state index is 15.6. The second-order valence-electron chi connectivity index (χ2n) is 11.7. The van der Waals surface area contributed by atoms with Gasteiger partial charge in [-0.3, -0.25) is 9.59 Å². The van der Waals surface area contributed by atoms with E-state index in [9.17, 15) is 9.59 Å². The lowest BCUT2D eigenvalue weighted by atomic mass is 9.93. The van der Waals surface area contributed by atoms with E-state index in [1.807, 2.05) is 23.6 Å². The summed E-state index contributed by atoms with van der Waals surface area (Å²) in [7, 11) is 0. The molecule has 5 rings (SSSR count). The fraction of sp³-hybridized carbons (Fsp3) is 0.562. The quantitative estimate of drug-likeness (QED) is 0.360. The maximum Gasteiger partial charge on any atom is 0.277 e. The zero-order chi connectivity index (χ0) is 31.3. The number of thioether (sulfide) groups is 1. The van der Waals surface area contributed by atoms with Crippen molar-refractivity contribution in [2.75, 3.05) is 43.0 Å². The first-order valence-corrected chi connectivity index (χ1v) is 16.7. The predicted molar refractivity (Wildman–Crippen MR) is 169 cm³/mol. The van der Waals surface area contributed by atoms with Crippen LogP contribution in [0.1, 0.15) is 68.4 Å². The molecule has 0 aliphatic carbocycles. The van der Waals surface area contributed by atoms with Crippen LogP contribution in [0.5, 0.6) is 0 Å². The van der Waals surface area contributed by atoms with Gasteiger partial charge in [0, 0.05) is 56.3 Å². The summed E-state index contributed by atoms with van der Waals surface area (Å²) in [4.78, 5) is 37.0. The van der Waals surface area contributed by atoms with Gasteiger partial charge in [0.2, 0.25) is 5.91 Å². The van der Waals surface area contributed by atoms with E-state index in [-0.39, 0.29) is 42.1 Å². The molecule has 1 aromatic carbocycles. The van der Waals surface area contributed by atoms with Gasteiger partial charge in [0.1, 0.15) is 17.5 Å². The highest BCUT2D eigenvalue weighted by Gasteiger charge is 2.35. The molecule has 12 heteroatoms. The summed E-state index contributed by atoms with van der Waals surface area (Å²) in [5.74, 6) is -1.58. The van der Waals surface area contributed by atoms with E-state index in [1.165, 1.54) is 18.2 Å². The molecular formula is C32H41F3N6O2S. The molecule has 2 N–H and O–H groups in total. The zero-order valence-electron chi connectivity index (χ0n) is 25.4. The molecule has 1 saturated heterocycles. The number of carbonyl (C=O) groups excluding carboxylic acids is 1. The van der Waals surface area contributed by atoms with Gasteiger partial charge in [0.05, 0.1) is 16.5 Å². The van der Waals surface area contributed by atoms with Crippen molar-refractivity contribution in [2.45, 2.75) is 70.9 Å². The highest BCUT2D eigenvalue weighted by Crippen LogP contribution is 2.37. The smallest absolute Gasteiger partial charge is 0.277 e. The number of carbonyl (C=O) groups is 1. The van der Waals surface area contributed by atoms with E-state index >= 15 is 13.2 Å². The number of anilines is 1. The number of nitrogens with one attached hydrogen (secondary N) is 2. The molecule has 44 heavy (non-hydrogen) atoms. The van der Waals surface area contributed by atoms with E-state index < -0.39 is 23.7 Å². The lowest BCUT2D eigenvalue weighted by Crippen LogP contribution is -2.34. The van der Waals surface area contributed by atoms with Crippen molar-refractivity contribution in [3.05, 3.63) is 63.6 Å². The maximum absolute atomic E-state index is 15.6. The molecule has 2 unspecified atom stereocenters. The number of benzene rings is 1. The van der Waals surface area contributed by atoms with E-state index in [2.05, 4.69) is 20.6 Å². The Labute approximate surface area is 260 Å². The number of alkyl halides is 2. The van der Waals surface area contributed by atoms with E-state index in [0.717, 1.165) is 36.8 Å². The fourth-order valence-electron chi connectivity index (χ4n) is 6.19. The molecule has 2 aliphatic heterocycles. The van der Waals surface area contributed by atoms with Crippen LogP contribution in [0.4, 0.5) is 19.0 Å². The summed E-state index contributed by atoms with van der Waals surface area (Å²) < 4.78 is 48.0. The molecule has 8 nitrogen and oxygen atoms in total. The lowest BCUT2D eigenvalue weighted by molar-refractivity contribution is -0.121. The van der Waals surface area contributed by atoms with Gasteiger partial charge in [-0.2, -0.15) is 11.8 Å². The summed E-state index contributed by atoms with van der Waals surface area (Å²) in [6.45, 7) is 5.43. The average molecular weight is 631 g/mol. The minimum absolute atomic E-state index is 0.0188. The van der Waals surface area contributed by atoms with Crippen molar-refractivity contribution in [3.63, 3.8) is 0 Å². The second kappa shape index (κ2) is 14.3. The van der Waals surface area contributed by atoms with E-state index in [0.29, 0.717) is 55.0 Å². The SMILES string of the molecule is CCN1CCCCNC(=O)CCC2CSCCC2n2cc3c(nc(C)nc3cc2=O)NCc2cccc(c2F)C(F)(F)CC1. The Balaban J connectivity index is 1.50. The Hall–Kier alpha value is -3.12. The van der Waals surface area contributed by atoms with Crippen molar-refractivity contribution < 1.29 is 18.0 Å². The van der Waals surface area contributed by atoms with E-state index in [4.69, 9.17) is 0 Å². The molecule has 3 aromatic rings. The largest absolute Gasteiger partial charge is 0.365 e. The van der Waals surface area contributed by atoms with Gasteiger partial charge in [0.15, 0.2) is 0 Å². The highest BCUT2D eigenvalue weighted by atomic mass is 32.2. The van der Waals surface area contributed by atoms with Crippen LogP contribution in [-0.2, 0) is 17.3 Å². The first-order chi connectivity index (χ1) is 21.2. The van der Waals surface area contributed by atoms with Crippen molar-refractivity contribution >= 4 is 34.4 Å². The van der Waals surface area contributed by atoms with Crippen LogP contribution in [0.25, 0.3) is 10.9 Å². The number of aryl methyl sites for hydroxylation is 1. The minimum Gasteiger partial charge on any atom is -0.365 e. The van der Waals surface area contributed by atoms with E-state index in [1.54, 1.807) is 17.7 Å². The Morgan fingerprint density at radius 2 is 1.95 bits per heavy atom. The summed E-state index contributed by atoms with van der Waals surface area (Å²) in [5, 5.41) is 6.72. The monoisotopic (exact) mass is 630 g/mol. The number of hydrogen-bond acceptors (Lipinski definition) is 7. The van der Waals surface area contributed by atoms with Crippen LogP contribution < -0.4 is 16.2 Å². The normalized spacial score (nSPS) is 22.6. The molecule has 1 amide bonds. The number of nitrogens with zero attached hydrogens (tertiary/aromatic N) is 4. The van der Waals surface area contributed by atoms with Gasteiger partial charge in [0.25, 0.3) is 11.5 Å². The third-order valence-corrected chi connectivity index (χ3v) is 9.92. The zero-order valence-corrected chi connectivity index (χ0v) is 26.2. The van der Waals surface area contributed by atoms with Crippen LogP contribution in [0.3, 0.4) is 0 Å². The summed E-state index contributed by atoms with van der Waals surface area (Å²) in [5.41, 5.74) is -0.241. The number of hydrogen-bond donors (Lipinski definition) is 2. The number of fused-ring (bicyclic) bond motifs is 5. The number of amides is 1. The van der Waals surface area contributed by atoms with Crippen LogP contribution in [0.15, 0.2) is 35.3 Å². The topological polar surface area (TPSA) is 92.2 Å². The third-order valence-electron chi connectivity index (χ3n) is 8.73. The van der Waals surface area contributed by atoms with Crippen molar-refractivity contribution in [2.24, 2.45) is 5.92 Å². The molecule has 0 saturated carbocycles. The van der Waals surface area contributed by atoms with Crippen molar-refractivity contribution in [1.82, 2.24) is 24.8 Å². The standard InChI is InChI=1S/C32H41F3N6O2S/c1-3-40-14-5-4-13-36-28(42)10-9-23-20-44-16-11-27(23)41-19-24-26(17-29(41)43)38-21(2)39-31(24)37-18-22-7-6-8-25(30(22)33)32(34,35)12-15-40/h6-8,17,19,23,27H,3-5,9-16,18,20H2,1-2H3,(H,36,42)(H,37,38,39). The van der Waals surface area contributed by atoms with Crippen LogP contribution in [-0.4, -0.2) is 63.0 Å². The number of aromatic nitrogens is 3. The Bertz CT molecular complexity index is 1530. The molecule has 4 heterocycles. The van der Waals surface area contributed by atoms with Gasteiger partial charge in [-0.05, 0) is 63.1 Å². The summed E-state index contributed by atoms with van der Waals surface area (Å²) in [6.07, 6.45) is 4.57. The number of halogens is 3. The summed E-state index contributed by atoms with van der Waals surface area (Å²) >= 11 is 1.83. The Morgan fingerprint density at radius 3 is 2.77 bits per heavy atom. The molecule has 2 aromatic heterocycles. The average Bonchev–Trinajstić information content (AvgIpc) is 3.00. The van der Waals surface area contributed by atoms with Gasteiger partial charge in [-0.1, -0.05) is 25.1 Å². The number of rotatable bonds is 1. The van der Waals surface area contributed by atoms with Gasteiger partial charge < -0.3 is 20.1 Å². The van der Waals surface area contributed by atoms with Gasteiger partial charge in [-0.25, -0.2) is 23.1 Å². The lowest BCUT2D eigenvalue weighted by Gasteiger charge is -2.33. The van der Waals surface area contributed by atoms with Crippen LogP contribution in [0.2, 0.25) is 0 Å². The van der Waals surface area contributed by atoms with Crippen LogP contribution >= 0.6 is 11.8 Å². The molecule has 1 fully saturated rings. The van der Waals surface area contributed by atoms with Crippen molar-refractivity contribution in [1.29, 1.82) is 0 Å². The summed E-state index contributed by atoms with van der Waals surface area (Å²) in [6, 6.07) is 5.50. The molecule has 2 atom stereocenters. The first kappa shape index (κ1) is 32.3. The first-order valence-electron chi connectivity index (χ1n) is 15.5. The Morgan fingerprint density at radius 1 is 1.11 bits per heavy atom. The molecule has 0 spiro atoms. The molecule has 2 aliphatic rings. The highest BCUT2D eigenvalue weighted by molar-refractivity contribution is 7.99. The molecule has 4 bridgehead atoms. The predicted octanol–water partition coefficient (Wildman–Crippen LogP) is 5.64.